The lowest BCUT2D eigenvalue weighted by molar-refractivity contribution is 0.213. The SMILES string of the molecule is CCN(CC)C(CNCc1cc[nH]c1)c1ccccc1. The summed E-state index contributed by atoms with van der Waals surface area (Å²) in [4.78, 5) is 5.59. The lowest BCUT2D eigenvalue weighted by Crippen LogP contribution is -2.35. The number of rotatable bonds is 8. The number of hydrogen-bond donors (Lipinski definition) is 2. The third kappa shape index (κ3) is 3.95. The maximum Gasteiger partial charge on any atom is 0.0472 e. The summed E-state index contributed by atoms with van der Waals surface area (Å²) >= 11 is 0. The molecule has 3 heteroatoms. The van der Waals surface area contributed by atoms with E-state index in [9.17, 15) is 0 Å². The Morgan fingerprint density at radius 2 is 1.85 bits per heavy atom. The zero-order chi connectivity index (χ0) is 14.2. The molecule has 0 aliphatic carbocycles. The molecule has 3 nitrogen and oxygen atoms in total. The van der Waals surface area contributed by atoms with Crippen LogP contribution in [-0.4, -0.2) is 29.5 Å². The van der Waals surface area contributed by atoms with Gasteiger partial charge in [0.1, 0.15) is 0 Å². The van der Waals surface area contributed by atoms with E-state index in [2.05, 4.69) is 65.4 Å². The van der Waals surface area contributed by atoms with Crippen molar-refractivity contribution in [3.63, 3.8) is 0 Å². The van der Waals surface area contributed by atoms with Crippen molar-refractivity contribution < 1.29 is 0 Å². The minimum atomic E-state index is 0.435. The Labute approximate surface area is 122 Å². The minimum Gasteiger partial charge on any atom is -0.367 e. The van der Waals surface area contributed by atoms with Crippen LogP contribution in [0, 0.1) is 0 Å². The highest BCUT2D eigenvalue weighted by Crippen LogP contribution is 2.19. The summed E-state index contributed by atoms with van der Waals surface area (Å²) in [6.07, 6.45) is 4.01. The van der Waals surface area contributed by atoms with Crippen LogP contribution in [0.15, 0.2) is 48.8 Å². The summed E-state index contributed by atoms with van der Waals surface area (Å²) in [6.45, 7) is 8.48. The number of hydrogen-bond acceptors (Lipinski definition) is 2. The van der Waals surface area contributed by atoms with Gasteiger partial charge in [0.05, 0.1) is 0 Å². The number of nitrogens with one attached hydrogen (secondary N) is 2. The average molecular weight is 271 g/mol. The van der Waals surface area contributed by atoms with Gasteiger partial charge in [-0.3, -0.25) is 4.90 Å². The van der Waals surface area contributed by atoms with E-state index in [0.717, 1.165) is 26.2 Å². The molecular formula is C17H25N3. The zero-order valence-electron chi connectivity index (χ0n) is 12.5. The highest BCUT2D eigenvalue weighted by molar-refractivity contribution is 5.19. The van der Waals surface area contributed by atoms with Crippen molar-refractivity contribution >= 4 is 0 Å². The topological polar surface area (TPSA) is 31.1 Å². The molecular weight excluding hydrogens is 246 g/mol. The van der Waals surface area contributed by atoms with Gasteiger partial charge in [-0.25, -0.2) is 0 Å². The van der Waals surface area contributed by atoms with Gasteiger partial charge >= 0.3 is 0 Å². The lowest BCUT2D eigenvalue weighted by atomic mass is 10.1. The van der Waals surface area contributed by atoms with Crippen LogP contribution in [-0.2, 0) is 6.54 Å². The maximum absolute atomic E-state index is 3.57. The predicted molar refractivity (Wildman–Crippen MR) is 84.6 cm³/mol. The Morgan fingerprint density at radius 3 is 2.45 bits per heavy atom. The van der Waals surface area contributed by atoms with Crippen molar-refractivity contribution in [1.82, 2.24) is 15.2 Å². The summed E-state index contributed by atoms with van der Waals surface area (Å²) in [6, 6.07) is 13.3. The molecule has 1 aromatic heterocycles. The fraction of sp³-hybridized carbons (Fsp3) is 0.412. The van der Waals surface area contributed by atoms with E-state index in [0.29, 0.717) is 6.04 Å². The Kier molecular flexibility index (Phi) is 5.84. The van der Waals surface area contributed by atoms with Crippen LogP contribution in [0.25, 0.3) is 0 Å². The fourth-order valence-corrected chi connectivity index (χ4v) is 2.62. The maximum atomic E-state index is 3.57. The Hall–Kier alpha value is -1.58. The lowest BCUT2D eigenvalue weighted by Gasteiger charge is -2.30. The predicted octanol–water partition coefficient (Wildman–Crippen LogP) is 3.19. The monoisotopic (exact) mass is 271 g/mol. The molecule has 0 aliphatic rings. The highest BCUT2D eigenvalue weighted by atomic mass is 15.2. The largest absolute Gasteiger partial charge is 0.367 e. The first-order valence-corrected chi connectivity index (χ1v) is 7.46. The molecule has 1 aromatic carbocycles. The molecule has 0 fully saturated rings. The van der Waals surface area contributed by atoms with Crippen molar-refractivity contribution in [2.24, 2.45) is 0 Å². The van der Waals surface area contributed by atoms with Gasteiger partial charge in [0.2, 0.25) is 0 Å². The number of likely N-dealkylation sites (N-methyl/N-ethyl adjacent to an activating group) is 1. The summed E-state index contributed by atoms with van der Waals surface area (Å²) in [7, 11) is 0. The third-order valence-electron chi connectivity index (χ3n) is 3.77. The van der Waals surface area contributed by atoms with Gasteiger partial charge in [-0.05, 0) is 30.3 Å². The molecule has 0 aliphatic heterocycles. The van der Waals surface area contributed by atoms with Gasteiger partial charge in [0.15, 0.2) is 0 Å². The molecule has 20 heavy (non-hydrogen) atoms. The summed E-state index contributed by atoms with van der Waals surface area (Å²) in [5.41, 5.74) is 2.69. The number of aromatic nitrogens is 1. The smallest absolute Gasteiger partial charge is 0.0472 e. The van der Waals surface area contributed by atoms with E-state index in [4.69, 9.17) is 0 Å². The van der Waals surface area contributed by atoms with Gasteiger partial charge in [-0.2, -0.15) is 0 Å². The molecule has 2 aromatic rings. The molecule has 1 atom stereocenters. The summed E-state index contributed by atoms with van der Waals surface area (Å²) in [5, 5.41) is 3.57. The molecule has 108 valence electrons. The van der Waals surface area contributed by atoms with E-state index in [1.54, 1.807) is 0 Å². The van der Waals surface area contributed by atoms with Gasteiger partial charge < -0.3 is 10.3 Å². The molecule has 0 spiro atoms. The first-order valence-electron chi connectivity index (χ1n) is 7.46. The van der Waals surface area contributed by atoms with Crippen LogP contribution in [0.2, 0.25) is 0 Å². The van der Waals surface area contributed by atoms with Crippen LogP contribution in [0.3, 0.4) is 0 Å². The number of benzene rings is 1. The van der Waals surface area contributed by atoms with Gasteiger partial charge in [-0.15, -0.1) is 0 Å². The number of H-pyrrole nitrogens is 1. The molecule has 2 rings (SSSR count). The van der Waals surface area contributed by atoms with Crippen molar-refractivity contribution in [1.29, 1.82) is 0 Å². The molecule has 1 heterocycles. The van der Waals surface area contributed by atoms with Crippen molar-refractivity contribution in [2.75, 3.05) is 19.6 Å². The van der Waals surface area contributed by atoms with E-state index < -0.39 is 0 Å². The van der Waals surface area contributed by atoms with Crippen LogP contribution >= 0.6 is 0 Å². The second-order valence-electron chi connectivity index (χ2n) is 5.00. The number of aromatic amines is 1. The van der Waals surface area contributed by atoms with Crippen LogP contribution in [0.4, 0.5) is 0 Å². The van der Waals surface area contributed by atoms with E-state index in [-0.39, 0.29) is 0 Å². The van der Waals surface area contributed by atoms with Crippen molar-refractivity contribution in [2.45, 2.75) is 26.4 Å². The Morgan fingerprint density at radius 1 is 1.10 bits per heavy atom. The second-order valence-corrected chi connectivity index (χ2v) is 5.00. The van der Waals surface area contributed by atoms with E-state index in [1.165, 1.54) is 11.1 Å². The highest BCUT2D eigenvalue weighted by Gasteiger charge is 2.17. The normalized spacial score (nSPS) is 12.8. The summed E-state index contributed by atoms with van der Waals surface area (Å²) in [5.74, 6) is 0. The van der Waals surface area contributed by atoms with Crippen LogP contribution < -0.4 is 5.32 Å². The molecule has 0 saturated carbocycles. The molecule has 1 unspecified atom stereocenters. The average Bonchev–Trinajstić information content (AvgIpc) is 3.01. The quantitative estimate of drug-likeness (QED) is 0.772. The standard InChI is InChI=1S/C17H25N3/c1-3-20(4-2)17(16-8-6-5-7-9-16)14-19-13-15-10-11-18-12-15/h5-12,17-19H,3-4,13-14H2,1-2H3. The second kappa shape index (κ2) is 7.88. The molecule has 0 amide bonds. The zero-order valence-corrected chi connectivity index (χ0v) is 12.5. The molecule has 2 N–H and O–H groups in total. The van der Waals surface area contributed by atoms with Gasteiger partial charge in [0, 0.05) is 31.5 Å². The van der Waals surface area contributed by atoms with Crippen LogP contribution in [0.1, 0.15) is 31.0 Å². The Balaban J connectivity index is 1.99. The Bertz CT molecular complexity index is 460. The van der Waals surface area contributed by atoms with Crippen molar-refractivity contribution in [3.05, 3.63) is 59.9 Å². The van der Waals surface area contributed by atoms with E-state index in [1.807, 2.05) is 12.4 Å². The first kappa shape index (κ1) is 14.8. The number of nitrogens with zero attached hydrogens (tertiary/aromatic N) is 1. The van der Waals surface area contributed by atoms with Gasteiger partial charge in [0.25, 0.3) is 0 Å². The van der Waals surface area contributed by atoms with Crippen molar-refractivity contribution in [3.8, 4) is 0 Å². The van der Waals surface area contributed by atoms with E-state index >= 15 is 0 Å². The summed E-state index contributed by atoms with van der Waals surface area (Å²) < 4.78 is 0. The first-order chi connectivity index (χ1) is 9.85. The van der Waals surface area contributed by atoms with Crippen LogP contribution in [0.5, 0.6) is 0 Å². The molecule has 0 radical (unpaired) electrons. The molecule has 0 bridgehead atoms. The minimum absolute atomic E-state index is 0.435. The van der Waals surface area contributed by atoms with Gasteiger partial charge in [-0.1, -0.05) is 44.2 Å². The fourth-order valence-electron chi connectivity index (χ4n) is 2.62. The molecule has 0 saturated heterocycles. The third-order valence-corrected chi connectivity index (χ3v) is 3.77.